The lowest BCUT2D eigenvalue weighted by molar-refractivity contribution is -0.255. The molecule has 0 unspecified atom stereocenters. The molecule has 0 spiro atoms. The van der Waals surface area contributed by atoms with Gasteiger partial charge in [-0.2, -0.15) is 0 Å². The number of hydrogen-bond acceptors (Lipinski definition) is 5. The Morgan fingerprint density at radius 3 is 2.82 bits per heavy atom. The minimum atomic E-state index is -1.21. The lowest BCUT2D eigenvalue weighted by Gasteiger charge is -2.22. The monoisotopic (exact) mass is 234 g/mol. The topological polar surface area (TPSA) is 77.3 Å². The van der Waals surface area contributed by atoms with Gasteiger partial charge in [-0.1, -0.05) is 17.4 Å². The second kappa shape index (κ2) is 5.40. The predicted molar refractivity (Wildman–Crippen MR) is 57.7 cm³/mol. The lowest BCUT2D eigenvalue weighted by Crippen LogP contribution is -2.31. The SMILES string of the molecule is O=C([O-])c1cccc(N=NN2CCOCC2)c1. The average molecular weight is 234 g/mol. The highest BCUT2D eigenvalue weighted by Gasteiger charge is 2.07. The molecule has 1 aromatic carbocycles. The second-order valence-corrected chi connectivity index (χ2v) is 3.59. The van der Waals surface area contributed by atoms with Crippen molar-refractivity contribution in [2.24, 2.45) is 10.3 Å². The zero-order valence-corrected chi connectivity index (χ0v) is 9.20. The Labute approximate surface area is 98.5 Å². The molecule has 0 saturated carbocycles. The van der Waals surface area contributed by atoms with E-state index in [4.69, 9.17) is 4.74 Å². The average Bonchev–Trinajstić information content (AvgIpc) is 2.38. The van der Waals surface area contributed by atoms with E-state index in [-0.39, 0.29) is 5.56 Å². The number of carboxylic acids is 1. The number of nitrogens with zero attached hydrogens (tertiary/aromatic N) is 3. The van der Waals surface area contributed by atoms with Crippen molar-refractivity contribution >= 4 is 11.7 Å². The number of carbonyl (C=O) groups excluding carboxylic acids is 1. The molecule has 0 aliphatic carbocycles. The summed E-state index contributed by atoms with van der Waals surface area (Å²) in [7, 11) is 0. The number of morpholine rings is 1. The number of rotatable bonds is 3. The summed E-state index contributed by atoms with van der Waals surface area (Å²) in [5.41, 5.74) is 0.599. The van der Waals surface area contributed by atoms with E-state index >= 15 is 0 Å². The van der Waals surface area contributed by atoms with E-state index in [0.29, 0.717) is 32.0 Å². The van der Waals surface area contributed by atoms with Crippen molar-refractivity contribution < 1.29 is 14.6 Å². The Morgan fingerprint density at radius 1 is 1.35 bits per heavy atom. The van der Waals surface area contributed by atoms with E-state index in [9.17, 15) is 9.90 Å². The summed E-state index contributed by atoms with van der Waals surface area (Å²) < 4.78 is 5.17. The van der Waals surface area contributed by atoms with Crippen molar-refractivity contribution in [2.45, 2.75) is 0 Å². The fraction of sp³-hybridized carbons (Fsp3) is 0.364. The van der Waals surface area contributed by atoms with Gasteiger partial charge in [0.15, 0.2) is 0 Å². The van der Waals surface area contributed by atoms with Gasteiger partial charge in [0.25, 0.3) is 0 Å². The fourth-order valence-corrected chi connectivity index (χ4v) is 1.45. The van der Waals surface area contributed by atoms with Crippen LogP contribution >= 0.6 is 0 Å². The van der Waals surface area contributed by atoms with E-state index in [1.807, 2.05) is 0 Å². The summed E-state index contributed by atoms with van der Waals surface area (Å²) in [6.07, 6.45) is 0. The van der Waals surface area contributed by atoms with Gasteiger partial charge in [0.05, 0.1) is 38.0 Å². The molecule has 0 bridgehead atoms. The van der Waals surface area contributed by atoms with E-state index in [1.165, 1.54) is 12.1 Å². The van der Waals surface area contributed by atoms with Crippen LogP contribution in [0.5, 0.6) is 0 Å². The van der Waals surface area contributed by atoms with Crippen LogP contribution in [0.1, 0.15) is 10.4 Å². The molecule has 2 rings (SSSR count). The van der Waals surface area contributed by atoms with Crippen molar-refractivity contribution in [3.05, 3.63) is 29.8 Å². The maximum atomic E-state index is 10.6. The molecule has 1 aromatic rings. The first-order valence-electron chi connectivity index (χ1n) is 5.31. The Hall–Kier alpha value is -1.95. The van der Waals surface area contributed by atoms with Crippen LogP contribution in [0.15, 0.2) is 34.6 Å². The van der Waals surface area contributed by atoms with Crippen LogP contribution in [-0.2, 0) is 4.74 Å². The third-order valence-corrected chi connectivity index (χ3v) is 2.36. The largest absolute Gasteiger partial charge is 0.545 e. The summed E-state index contributed by atoms with van der Waals surface area (Å²) >= 11 is 0. The van der Waals surface area contributed by atoms with Gasteiger partial charge in [-0.25, -0.2) is 0 Å². The van der Waals surface area contributed by atoms with E-state index in [0.717, 1.165) is 0 Å². The van der Waals surface area contributed by atoms with Gasteiger partial charge in [-0.05, 0) is 17.7 Å². The lowest BCUT2D eigenvalue weighted by atomic mass is 10.2. The predicted octanol–water partition coefficient (Wildman–Crippen LogP) is 0.381. The van der Waals surface area contributed by atoms with Crippen LogP contribution in [0.25, 0.3) is 0 Å². The maximum Gasteiger partial charge on any atom is 0.0880 e. The van der Waals surface area contributed by atoms with Gasteiger partial charge < -0.3 is 14.6 Å². The van der Waals surface area contributed by atoms with Gasteiger partial charge in [0.1, 0.15) is 0 Å². The number of hydrogen-bond donors (Lipinski definition) is 0. The Balaban J connectivity index is 2.04. The van der Waals surface area contributed by atoms with Crippen molar-refractivity contribution in [1.29, 1.82) is 0 Å². The van der Waals surface area contributed by atoms with Crippen LogP contribution in [0.2, 0.25) is 0 Å². The summed E-state index contributed by atoms with van der Waals surface area (Å²) in [5, 5.41) is 20.4. The Bertz CT molecular complexity index is 428. The molecular weight excluding hydrogens is 222 g/mol. The van der Waals surface area contributed by atoms with Crippen LogP contribution in [-0.4, -0.2) is 37.3 Å². The smallest absolute Gasteiger partial charge is 0.0880 e. The summed E-state index contributed by atoms with van der Waals surface area (Å²) in [5.74, 6) is -1.21. The molecule has 1 aliphatic heterocycles. The van der Waals surface area contributed by atoms with Crippen LogP contribution < -0.4 is 5.11 Å². The second-order valence-electron chi connectivity index (χ2n) is 3.59. The van der Waals surface area contributed by atoms with Gasteiger partial charge in [-0.15, -0.1) is 5.11 Å². The molecule has 0 aromatic heterocycles. The first-order valence-corrected chi connectivity index (χ1v) is 5.31. The van der Waals surface area contributed by atoms with Gasteiger partial charge in [-0.3, -0.25) is 5.01 Å². The van der Waals surface area contributed by atoms with Crippen LogP contribution in [0.4, 0.5) is 5.69 Å². The first-order chi connectivity index (χ1) is 8.25. The minimum Gasteiger partial charge on any atom is -0.545 e. The van der Waals surface area contributed by atoms with Gasteiger partial charge >= 0.3 is 0 Å². The van der Waals surface area contributed by atoms with E-state index in [2.05, 4.69) is 10.3 Å². The number of carbonyl (C=O) groups is 1. The van der Waals surface area contributed by atoms with Crippen molar-refractivity contribution in [3.63, 3.8) is 0 Å². The standard InChI is InChI=1S/C11H13N3O3/c15-11(16)9-2-1-3-10(8-9)12-13-14-4-6-17-7-5-14/h1-3,8H,4-7H2,(H,15,16)/p-1. The number of benzene rings is 1. The van der Waals surface area contributed by atoms with Crippen molar-refractivity contribution in [1.82, 2.24) is 5.01 Å². The van der Waals surface area contributed by atoms with Crippen LogP contribution in [0.3, 0.4) is 0 Å². The maximum absolute atomic E-state index is 10.6. The van der Waals surface area contributed by atoms with Crippen molar-refractivity contribution in [3.8, 4) is 0 Å². The molecule has 1 aliphatic rings. The van der Waals surface area contributed by atoms with E-state index < -0.39 is 5.97 Å². The number of aromatic carboxylic acids is 1. The molecule has 17 heavy (non-hydrogen) atoms. The molecular formula is C11H12N3O3-. The molecule has 0 amide bonds. The first kappa shape index (κ1) is 11.5. The summed E-state index contributed by atoms with van der Waals surface area (Å²) in [6.45, 7) is 2.67. The minimum absolute atomic E-state index is 0.100. The third kappa shape index (κ3) is 3.25. The highest BCUT2D eigenvalue weighted by Crippen LogP contribution is 2.15. The molecule has 90 valence electrons. The Kier molecular flexibility index (Phi) is 3.66. The van der Waals surface area contributed by atoms with Crippen LogP contribution in [0, 0.1) is 0 Å². The van der Waals surface area contributed by atoms with Gasteiger partial charge in [0.2, 0.25) is 0 Å². The number of carboxylic acid groups (broad SMARTS) is 1. The molecule has 1 fully saturated rings. The fourth-order valence-electron chi connectivity index (χ4n) is 1.45. The zero-order valence-electron chi connectivity index (χ0n) is 9.20. The molecule has 0 radical (unpaired) electrons. The zero-order chi connectivity index (χ0) is 12.1. The molecule has 6 nitrogen and oxygen atoms in total. The molecule has 0 atom stereocenters. The highest BCUT2D eigenvalue weighted by atomic mass is 16.5. The summed E-state index contributed by atoms with van der Waals surface area (Å²) in [4.78, 5) is 10.6. The molecule has 0 N–H and O–H groups in total. The molecule has 1 heterocycles. The quantitative estimate of drug-likeness (QED) is 0.708. The highest BCUT2D eigenvalue weighted by molar-refractivity contribution is 5.86. The third-order valence-electron chi connectivity index (χ3n) is 2.36. The van der Waals surface area contributed by atoms with Gasteiger partial charge in [0, 0.05) is 0 Å². The molecule has 6 heteroatoms. The van der Waals surface area contributed by atoms with E-state index in [1.54, 1.807) is 17.1 Å². The molecule has 1 saturated heterocycles. The summed E-state index contributed by atoms with van der Waals surface area (Å²) in [6, 6.07) is 6.19. The van der Waals surface area contributed by atoms with Crippen molar-refractivity contribution in [2.75, 3.05) is 26.3 Å². The normalized spacial score (nSPS) is 16.4. The number of ether oxygens (including phenoxy) is 1. The Morgan fingerprint density at radius 2 is 2.12 bits per heavy atom.